The van der Waals surface area contributed by atoms with Crippen LogP contribution in [-0.4, -0.2) is 23.1 Å². The predicted molar refractivity (Wildman–Crippen MR) is 66.6 cm³/mol. The van der Waals surface area contributed by atoms with Gasteiger partial charge >= 0.3 is 0 Å². The van der Waals surface area contributed by atoms with Crippen LogP contribution >= 0.6 is 0 Å². The largest absolute Gasteiger partial charge is 0.508 e. The maximum atomic E-state index is 9.96. The van der Waals surface area contributed by atoms with E-state index in [0.29, 0.717) is 11.8 Å². The van der Waals surface area contributed by atoms with Crippen molar-refractivity contribution in [3.8, 4) is 5.75 Å². The second-order valence-corrected chi connectivity index (χ2v) is 5.13. The van der Waals surface area contributed by atoms with Gasteiger partial charge < -0.3 is 5.11 Å². The molecule has 0 bridgehead atoms. The minimum absolute atomic E-state index is 0.325. The van der Waals surface area contributed by atoms with Crippen molar-refractivity contribution in [2.45, 2.75) is 33.2 Å². The van der Waals surface area contributed by atoms with Crippen LogP contribution in [0.2, 0.25) is 0 Å². The third kappa shape index (κ3) is 2.22. The van der Waals surface area contributed by atoms with Gasteiger partial charge in [-0.1, -0.05) is 19.1 Å². The van der Waals surface area contributed by atoms with Crippen LogP contribution in [0, 0.1) is 12.8 Å². The van der Waals surface area contributed by atoms with Gasteiger partial charge in [0.2, 0.25) is 0 Å². The van der Waals surface area contributed by atoms with Gasteiger partial charge in [-0.15, -0.1) is 0 Å². The summed E-state index contributed by atoms with van der Waals surface area (Å²) in [5.41, 5.74) is 2.17. The van der Waals surface area contributed by atoms with E-state index in [2.05, 4.69) is 30.9 Å². The summed E-state index contributed by atoms with van der Waals surface area (Å²) in [7, 11) is 0. The number of rotatable bonds is 2. The number of hydrogen-bond donors (Lipinski definition) is 1. The average Bonchev–Trinajstić information content (AvgIpc) is 2.64. The molecular weight excluding hydrogens is 198 g/mol. The van der Waals surface area contributed by atoms with Crippen LogP contribution in [0.1, 0.15) is 37.4 Å². The third-order valence-electron chi connectivity index (χ3n) is 3.64. The van der Waals surface area contributed by atoms with E-state index in [-0.39, 0.29) is 0 Å². The first kappa shape index (κ1) is 11.5. The zero-order chi connectivity index (χ0) is 11.7. The van der Waals surface area contributed by atoms with Crippen molar-refractivity contribution >= 4 is 0 Å². The van der Waals surface area contributed by atoms with Crippen LogP contribution in [0.25, 0.3) is 0 Å². The van der Waals surface area contributed by atoms with Crippen LogP contribution in [0.5, 0.6) is 5.75 Å². The number of phenolic OH excluding ortho intramolecular Hbond substituents is 1. The predicted octanol–water partition coefficient (Wildman–Crippen LogP) is 3.10. The van der Waals surface area contributed by atoms with Crippen molar-refractivity contribution < 1.29 is 5.11 Å². The smallest absolute Gasteiger partial charge is 0.120 e. The average molecular weight is 219 g/mol. The minimum Gasteiger partial charge on any atom is -0.508 e. The zero-order valence-corrected chi connectivity index (χ0v) is 10.4. The lowest BCUT2D eigenvalue weighted by Crippen LogP contribution is -2.24. The first-order valence-corrected chi connectivity index (χ1v) is 6.11. The van der Waals surface area contributed by atoms with E-state index in [4.69, 9.17) is 0 Å². The Labute approximate surface area is 97.9 Å². The van der Waals surface area contributed by atoms with E-state index < -0.39 is 0 Å². The van der Waals surface area contributed by atoms with Crippen LogP contribution in [0.3, 0.4) is 0 Å². The Bertz CT molecular complexity index is 375. The van der Waals surface area contributed by atoms with E-state index >= 15 is 0 Å². The molecule has 1 aliphatic heterocycles. The van der Waals surface area contributed by atoms with Gasteiger partial charge in [-0.05, 0) is 44.4 Å². The summed E-state index contributed by atoms with van der Waals surface area (Å²) in [6.07, 6.45) is 1.27. The maximum Gasteiger partial charge on any atom is 0.120 e. The summed E-state index contributed by atoms with van der Waals surface area (Å²) < 4.78 is 0. The van der Waals surface area contributed by atoms with Gasteiger partial charge in [0.25, 0.3) is 0 Å². The van der Waals surface area contributed by atoms with Gasteiger partial charge in [0, 0.05) is 18.2 Å². The molecule has 1 fully saturated rings. The van der Waals surface area contributed by atoms with Crippen molar-refractivity contribution in [3.63, 3.8) is 0 Å². The molecular formula is C14H21NO. The third-order valence-corrected chi connectivity index (χ3v) is 3.64. The topological polar surface area (TPSA) is 23.5 Å². The van der Waals surface area contributed by atoms with E-state index in [0.717, 1.165) is 30.1 Å². The Balaban J connectivity index is 2.17. The van der Waals surface area contributed by atoms with Crippen LogP contribution in [-0.2, 0) is 0 Å². The number of likely N-dealkylation sites (tertiary alicyclic amines) is 1. The molecule has 0 spiro atoms. The second-order valence-electron chi connectivity index (χ2n) is 5.13. The first-order valence-electron chi connectivity index (χ1n) is 6.11. The molecule has 1 aliphatic rings. The Kier molecular flexibility index (Phi) is 3.20. The van der Waals surface area contributed by atoms with Crippen molar-refractivity contribution in [2.75, 3.05) is 13.1 Å². The normalized spacial score (nSPS) is 23.6. The Morgan fingerprint density at radius 3 is 2.75 bits per heavy atom. The standard InChI is InChI=1S/C14H21NO/c1-10-4-5-13(14(16)8-10)12(3)15-7-6-11(2)9-15/h4-5,8,11-12,16H,6-7,9H2,1-3H3. The highest BCUT2D eigenvalue weighted by atomic mass is 16.3. The van der Waals surface area contributed by atoms with Gasteiger partial charge in [-0.25, -0.2) is 0 Å². The Hall–Kier alpha value is -1.02. The monoisotopic (exact) mass is 219 g/mol. The lowest BCUT2D eigenvalue weighted by Gasteiger charge is -2.25. The lowest BCUT2D eigenvalue weighted by atomic mass is 10.0. The number of benzene rings is 1. The molecule has 0 aliphatic carbocycles. The summed E-state index contributed by atoms with van der Waals surface area (Å²) in [5, 5.41) is 9.96. The Morgan fingerprint density at radius 2 is 2.19 bits per heavy atom. The molecule has 1 saturated heterocycles. The SMILES string of the molecule is Cc1ccc(C(C)N2CCC(C)C2)c(O)c1. The van der Waals surface area contributed by atoms with Crippen molar-refractivity contribution in [2.24, 2.45) is 5.92 Å². The summed E-state index contributed by atoms with van der Waals surface area (Å²) in [4.78, 5) is 2.45. The van der Waals surface area contributed by atoms with E-state index in [1.807, 2.05) is 13.0 Å². The fourth-order valence-electron chi connectivity index (χ4n) is 2.52. The highest BCUT2D eigenvalue weighted by Crippen LogP contribution is 2.32. The molecule has 2 unspecified atom stereocenters. The molecule has 0 saturated carbocycles. The number of nitrogens with zero attached hydrogens (tertiary/aromatic N) is 1. The van der Waals surface area contributed by atoms with Gasteiger partial charge in [-0.3, -0.25) is 4.90 Å². The van der Waals surface area contributed by atoms with Gasteiger partial charge in [0.1, 0.15) is 5.75 Å². The lowest BCUT2D eigenvalue weighted by molar-refractivity contribution is 0.250. The molecule has 2 heteroatoms. The number of phenols is 1. The summed E-state index contributed by atoms with van der Waals surface area (Å²) in [6, 6.07) is 6.31. The summed E-state index contributed by atoms with van der Waals surface area (Å²) in [5.74, 6) is 1.22. The molecule has 1 aromatic rings. The molecule has 0 aromatic heterocycles. The molecule has 1 heterocycles. The molecule has 2 nitrogen and oxygen atoms in total. The zero-order valence-electron chi connectivity index (χ0n) is 10.4. The molecule has 2 atom stereocenters. The fraction of sp³-hybridized carbons (Fsp3) is 0.571. The van der Waals surface area contributed by atoms with E-state index in [9.17, 15) is 5.11 Å². The highest BCUT2D eigenvalue weighted by Gasteiger charge is 2.25. The molecule has 88 valence electrons. The number of aromatic hydroxyl groups is 1. The fourth-order valence-corrected chi connectivity index (χ4v) is 2.52. The van der Waals surface area contributed by atoms with Crippen LogP contribution < -0.4 is 0 Å². The van der Waals surface area contributed by atoms with Gasteiger partial charge in [0.15, 0.2) is 0 Å². The molecule has 16 heavy (non-hydrogen) atoms. The van der Waals surface area contributed by atoms with Gasteiger partial charge in [0.05, 0.1) is 0 Å². The summed E-state index contributed by atoms with van der Waals surface area (Å²) in [6.45, 7) is 8.78. The molecule has 1 N–H and O–H groups in total. The van der Waals surface area contributed by atoms with E-state index in [1.54, 1.807) is 0 Å². The van der Waals surface area contributed by atoms with Gasteiger partial charge in [-0.2, -0.15) is 0 Å². The van der Waals surface area contributed by atoms with Crippen LogP contribution in [0.15, 0.2) is 18.2 Å². The quantitative estimate of drug-likeness (QED) is 0.826. The molecule has 0 amide bonds. The number of aryl methyl sites for hydroxylation is 1. The molecule has 2 rings (SSSR count). The Morgan fingerprint density at radius 1 is 1.44 bits per heavy atom. The maximum absolute atomic E-state index is 9.96. The van der Waals surface area contributed by atoms with E-state index in [1.165, 1.54) is 6.42 Å². The summed E-state index contributed by atoms with van der Waals surface area (Å²) >= 11 is 0. The minimum atomic E-state index is 0.325. The first-order chi connectivity index (χ1) is 7.58. The highest BCUT2D eigenvalue weighted by molar-refractivity contribution is 5.37. The number of hydrogen-bond acceptors (Lipinski definition) is 2. The second kappa shape index (κ2) is 4.46. The van der Waals surface area contributed by atoms with Crippen molar-refractivity contribution in [3.05, 3.63) is 29.3 Å². The molecule has 0 radical (unpaired) electrons. The van der Waals surface area contributed by atoms with Crippen molar-refractivity contribution in [1.82, 2.24) is 4.90 Å². The van der Waals surface area contributed by atoms with Crippen LogP contribution in [0.4, 0.5) is 0 Å². The molecule has 1 aromatic carbocycles. The van der Waals surface area contributed by atoms with Crippen molar-refractivity contribution in [1.29, 1.82) is 0 Å².